The van der Waals surface area contributed by atoms with Crippen LogP contribution in [0.2, 0.25) is 0 Å². The average molecular weight is 570 g/mol. The Hall–Kier alpha value is -2.40. The van der Waals surface area contributed by atoms with Crippen LogP contribution in [0.4, 0.5) is 10.1 Å². The Morgan fingerprint density at radius 1 is 1.24 bits per heavy atom. The number of amides is 1. The highest BCUT2D eigenvalue weighted by atomic mass is 127. The number of guanidine groups is 1. The Kier molecular flexibility index (Phi) is 10.4. The number of aliphatic imine (C=N–C) groups is 1. The van der Waals surface area contributed by atoms with Crippen molar-refractivity contribution < 1.29 is 18.7 Å². The summed E-state index contributed by atoms with van der Waals surface area (Å²) in [4.78, 5) is 18.5. The molecule has 2 N–H and O–H groups in total. The van der Waals surface area contributed by atoms with Crippen molar-refractivity contribution in [1.82, 2.24) is 10.2 Å². The zero-order chi connectivity index (χ0) is 23.1. The van der Waals surface area contributed by atoms with E-state index in [4.69, 9.17) is 14.5 Å². The smallest absolute Gasteiger partial charge is 0.221 e. The Labute approximate surface area is 211 Å². The third kappa shape index (κ3) is 7.56. The highest BCUT2D eigenvalue weighted by Crippen LogP contribution is 2.27. The standard InChI is InChI=1S/C24H31FN4O3.HI/c1-5-26-24(27-13-18-6-11-22(31-4)21(12-18)28-17(3)30)29-14-16(2)32-23(15-29)19-7-9-20(25)10-8-19;/h6-12,16,23H,5,13-15H2,1-4H3,(H,26,27)(H,28,30);1H. The molecule has 9 heteroatoms. The number of nitrogens with one attached hydrogen (secondary N) is 2. The number of methoxy groups -OCH3 is 1. The lowest BCUT2D eigenvalue weighted by molar-refractivity contribution is -0.114. The first kappa shape index (κ1) is 26.8. The van der Waals surface area contributed by atoms with E-state index in [9.17, 15) is 9.18 Å². The molecule has 0 aliphatic carbocycles. The Morgan fingerprint density at radius 2 is 1.97 bits per heavy atom. The highest BCUT2D eigenvalue weighted by molar-refractivity contribution is 14.0. The largest absolute Gasteiger partial charge is 0.495 e. The first-order valence-electron chi connectivity index (χ1n) is 10.8. The molecule has 2 unspecified atom stereocenters. The molecular weight excluding hydrogens is 538 g/mol. The second kappa shape index (κ2) is 12.7. The monoisotopic (exact) mass is 570 g/mol. The van der Waals surface area contributed by atoms with Gasteiger partial charge in [-0.05, 0) is 49.2 Å². The van der Waals surface area contributed by atoms with Gasteiger partial charge in [0.05, 0.1) is 32.0 Å². The van der Waals surface area contributed by atoms with Crippen LogP contribution >= 0.6 is 24.0 Å². The molecule has 2 aromatic carbocycles. The minimum atomic E-state index is -0.262. The van der Waals surface area contributed by atoms with Crippen LogP contribution in [0.1, 0.15) is 38.0 Å². The quantitative estimate of drug-likeness (QED) is 0.307. The van der Waals surface area contributed by atoms with Gasteiger partial charge < -0.3 is 25.0 Å². The number of hydrogen-bond acceptors (Lipinski definition) is 4. The Bertz CT molecular complexity index is 955. The molecular formula is C24H32FIN4O3. The van der Waals surface area contributed by atoms with Crippen molar-refractivity contribution >= 4 is 41.5 Å². The number of nitrogens with zero attached hydrogens (tertiary/aromatic N) is 2. The van der Waals surface area contributed by atoms with Crippen LogP contribution in [-0.2, 0) is 16.1 Å². The van der Waals surface area contributed by atoms with Gasteiger partial charge in [0.2, 0.25) is 5.91 Å². The van der Waals surface area contributed by atoms with Gasteiger partial charge in [0.1, 0.15) is 17.7 Å². The number of halogens is 2. The van der Waals surface area contributed by atoms with Crippen molar-refractivity contribution in [2.45, 2.75) is 39.5 Å². The lowest BCUT2D eigenvalue weighted by atomic mass is 10.1. The van der Waals surface area contributed by atoms with E-state index in [1.165, 1.54) is 19.1 Å². The maximum atomic E-state index is 13.3. The average Bonchev–Trinajstić information content (AvgIpc) is 2.76. The molecule has 33 heavy (non-hydrogen) atoms. The van der Waals surface area contributed by atoms with E-state index in [2.05, 4.69) is 15.5 Å². The van der Waals surface area contributed by atoms with Crippen LogP contribution < -0.4 is 15.4 Å². The third-order valence-electron chi connectivity index (χ3n) is 5.12. The van der Waals surface area contributed by atoms with E-state index in [1.54, 1.807) is 19.2 Å². The van der Waals surface area contributed by atoms with Gasteiger partial charge in [0, 0.05) is 20.0 Å². The SMILES string of the molecule is CCNC(=NCc1ccc(OC)c(NC(C)=O)c1)N1CC(C)OC(c2ccc(F)cc2)C1.I. The third-order valence-corrected chi connectivity index (χ3v) is 5.12. The molecule has 2 atom stereocenters. The fourth-order valence-corrected chi connectivity index (χ4v) is 3.72. The molecule has 0 radical (unpaired) electrons. The van der Waals surface area contributed by atoms with Crippen LogP contribution in [0.25, 0.3) is 0 Å². The number of anilines is 1. The summed E-state index contributed by atoms with van der Waals surface area (Å²) in [6, 6.07) is 12.1. The molecule has 1 amide bonds. The summed E-state index contributed by atoms with van der Waals surface area (Å²) < 4.78 is 24.8. The molecule has 2 aromatic rings. The van der Waals surface area contributed by atoms with Crippen LogP contribution in [-0.4, -0.2) is 49.6 Å². The van der Waals surface area contributed by atoms with E-state index in [1.807, 2.05) is 32.0 Å². The zero-order valence-electron chi connectivity index (χ0n) is 19.4. The number of hydrogen-bond donors (Lipinski definition) is 2. The molecule has 1 aliphatic rings. The van der Waals surface area contributed by atoms with Gasteiger partial charge in [-0.25, -0.2) is 9.38 Å². The molecule has 0 spiro atoms. The topological polar surface area (TPSA) is 75.2 Å². The predicted molar refractivity (Wildman–Crippen MR) is 139 cm³/mol. The van der Waals surface area contributed by atoms with E-state index < -0.39 is 0 Å². The summed E-state index contributed by atoms with van der Waals surface area (Å²) in [5.41, 5.74) is 2.50. The van der Waals surface area contributed by atoms with E-state index in [0.717, 1.165) is 23.6 Å². The normalized spacial score (nSPS) is 18.3. The lowest BCUT2D eigenvalue weighted by Crippen LogP contribution is -2.50. The van der Waals surface area contributed by atoms with Crippen LogP contribution in [0.15, 0.2) is 47.5 Å². The first-order chi connectivity index (χ1) is 15.4. The molecule has 1 fully saturated rings. The fourth-order valence-electron chi connectivity index (χ4n) is 3.72. The molecule has 3 rings (SSSR count). The molecule has 1 heterocycles. The Morgan fingerprint density at radius 3 is 2.61 bits per heavy atom. The number of rotatable bonds is 6. The number of morpholine rings is 1. The van der Waals surface area contributed by atoms with Gasteiger partial charge in [-0.3, -0.25) is 4.79 Å². The summed E-state index contributed by atoms with van der Waals surface area (Å²) >= 11 is 0. The summed E-state index contributed by atoms with van der Waals surface area (Å²) in [6.07, 6.45) is -0.175. The van der Waals surface area contributed by atoms with Crippen molar-refractivity contribution in [3.8, 4) is 5.75 Å². The van der Waals surface area contributed by atoms with Gasteiger partial charge in [-0.2, -0.15) is 0 Å². The second-order valence-corrected chi connectivity index (χ2v) is 7.78. The molecule has 0 aromatic heterocycles. The summed E-state index contributed by atoms with van der Waals surface area (Å²) in [6.45, 7) is 7.99. The van der Waals surface area contributed by atoms with Crippen molar-refractivity contribution in [2.24, 2.45) is 4.99 Å². The highest BCUT2D eigenvalue weighted by Gasteiger charge is 2.28. The van der Waals surface area contributed by atoms with Crippen molar-refractivity contribution in [3.05, 3.63) is 59.4 Å². The summed E-state index contributed by atoms with van der Waals surface area (Å²) in [7, 11) is 1.57. The minimum Gasteiger partial charge on any atom is -0.495 e. The predicted octanol–water partition coefficient (Wildman–Crippen LogP) is 4.34. The van der Waals surface area contributed by atoms with E-state index >= 15 is 0 Å². The van der Waals surface area contributed by atoms with Gasteiger partial charge in [-0.15, -0.1) is 24.0 Å². The molecule has 1 aliphatic heterocycles. The maximum absolute atomic E-state index is 13.3. The first-order valence-corrected chi connectivity index (χ1v) is 10.8. The molecule has 7 nitrogen and oxygen atoms in total. The lowest BCUT2D eigenvalue weighted by Gasteiger charge is -2.38. The maximum Gasteiger partial charge on any atom is 0.221 e. The van der Waals surface area contributed by atoms with Crippen LogP contribution in [0.3, 0.4) is 0 Å². The molecule has 0 bridgehead atoms. The minimum absolute atomic E-state index is 0. The van der Waals surface area contributed by atoms with Crippen LogP contribution in [0.5, 0.6) is 5.75 Å². The van der Waals surface area contributed by atoms with Crippen molar-refractivity contribution in [3.63, 3.8) is 0 Å². The number of carbonyl (C=O) groups is 1. The van der Waals surface area contributed by atoms with Crippen LogP contribution in [0, 0.1) is 5.82 Å². The van der Waals surface area contributed by atoms with Gasteiger partial charge in [-0.1, -0.05) is 18.2 Å². The fraction of sp³-hybridized carbons (Fsp3) is 0.417. The molecule has 180 valence electrons. The van der Waals surface area contributed by atoms with Crippen molar-refractivity contribution in [1.29, 1.82) is 0 Å². The number of carbonyl (C=O) groups excluding carboxylic acids is 1. The van der Waals surface area contributed by atoms with Crippen molar-refractivity contribution in [2.75, 3.05) is 32.1 Å². The van der Waals surface area contributed by atoms with E-state index in [-0.39, 0.29) is 47.9 Å². The van der Waals surface area contributed by atoms with Gasteiger partial charge >= 0.3 is 0 Å². The summed E-state index contributed by atoms with van der Waals surface area (Å²) in [5, 5.41) is 6.15. The molecule has 0 saturated carbocycles. The van der Waals surface area contributed by atoms with Gasteiger partial charge in [0.25, 0.3) is 0 Å². The Balaban J connectivity index is 0.00000385. The number of benzene rings is 2. The number of ether oxygens (including phenoxy) is 2. The van der Waals surface area contributed by atoms with E-state index in [0.29, 0.717) is 31.1 Å². The zero-order valence-corrected chi connectivity index (χ0v) is 21.8. The second-order valence-electron chi connectivity index (χ2n) is 7.78. The molecule has 1 saturated heterocycles. The van der Waals surface area contributed by atoms with Gasteiger partial charge in [0.15, 0.2) is 5.96 Å². The summed E-state index contributed by atoms with van der Waals surface area (Å²) in [5.74, 6) is 0.963.